The van der Waals surface area contributed by atoms with Crippen LogP contribution in [0.2, 0.25) is 0 Å². The first-order valence-corrected chi connectivity index (χ1v) is 5.59. The standard InChI is InChI=1S/C11H18ClN3/c1-8(12)5-6-15(4)11-10(3)13-7-9(2)14-11/h7-8H,5-6H2,1-4H3. The number of aromatic nitrogens is 2. The molecule has 0 fully saturated rings. The highest BCUT2D eigenvalue weighted by Gasteiger charge is 2.08. The number of hydrogen-bond donors (Lipinski definition) is 0. The van der Waals surface area contributed by atoms with Gasteiger partial charge in [0.2, 0.25) is 0 Å². The quantitative estimate of drug-likeness (QED) is 0.741. The average molecular weight is 228 g/mol. The van der Waals surface area contributed by atoms with Crippen LogP contribution >= 0.6 is 11.6 Å². The summed E-state index contributed by atoms with van der Waals surface area (Å²) >= 11 is 5.92. The number of anilines is 1. The highest BCUT2D eigenvalue weighted by molar-refractivity contribution is 6.20. The molecule has 15 heavy (non-hydrogen) atoms. The molecule has 0 spiro atoms. The molecule has 3 nitrogen and oxygen atoms in total. The Morgan fingerprint density at radius 1 is 1.47 bits per heavy atom. The summed E-state index contributed by atoms with van der Waals surface area (Å²) in [6, 6.07) is 0. The first kappa shape index (κ1) is 12.2. The van der Waals surface area contributed by atoms with E-state index in [9.17, 15) is 0 Å². The lowest BCUT2D eigenvalue weighted by atomic mass is 10.3. The van der Waals surface area contributed by atoms with Crippen LogP contribution in [0.5, 0.6) is 0 Å². The van der Waals surface area contributed by atoms with Gasteiger partial charge in [0, 0.05) is 25.2 Å². The van der Waals surface area contributed by atoms with Crippen LogP contribution in [0.4, 0.5) is 5.82 Å². The SMILES string of the molecule is Cc1cnc(C)c(N(C)CCC(C)Cl)n1. The summed E-state index contributed by atoms with van der Waals surface area (Å²) in [5, 5.41) is 0.200. The van der Waals surface area contributed by atoms with Gasteiger partial charge in [0.25, 0.3) is 0 Å². The van der Waals surface area contributed by atoms with Crippen molar-refractivity contribution in [3.8, 4) is 0 Å². The number of nitrogens with zero attached hydrogens (tertiary/aromatic N) is 3. The van der Waals surface area contributed by atoms with Crippen LogP contribution in [0.1, 0.15) is 24.7 Å². The molecule has 0 saturated carbocycles. The maximum absolute atomic E-state index is 5.92. The van der Waals surface area contributed by atoms with Crippen LogP contribution in [0.25, 0.3) is 0 Å². The zero-order valence-corrected chi connectivity index (χ0v) is 10.5. The van der Waals surface area contributed by atoms with Crippen LogP contribution in [-0.4, -0.2) is 28.9 Å². The Labute approximate surface area is 96.5 Å². The van der Waals surface area contributed by atoms with Gasteiger partial charge in [-0.15, -0.1) is 11.6 Å². The minimum Gasteiger partial charge on any atom is -0.358 e. The van der Waals surface area contributed by atoms with Gasteiger partial charge in [0.15, 0.2) is 0 Å². The molecule has 0 radical (unpaired) electrons. The number of alkyl halides is 1. The molecule has 0 saturated heterocycles. The van der Waals surface area contributed by atoms with E-state index in [2.05, 4.69) is 14.9 Å². The monoisotopic (exact) mass is 227 g/mol. The third kappa shape index (κ3) is 3.67. The van der Waals surface area contributed by atoms with Crippen molar-refractivity contribution in [1.29, 1.82) is 0 Å². The van der Waals surface area contributed by atoms with Crippen LogP contribution < -0.4 is 4.90 Å². The van der Waals surface area contributed by atoms with Gasteiger partial charge in [0.05, 0.1) is 11.4 Å². The van der Waals surface area contributed by atoms with Crippen molar-refractivity contribution < 1.29 is 0 Å². The number of halogens is 1. The van der Waals surface area contributed by atoms with Crippen molar-refractivity contribution in [1.82, 2.24) is 9.97 Å². The highest BCUT2D eigenvalue weighted by Crippen LogP contribution is 2.14. The van der Waals surface area contributed by atoms with E-state index >= 15 is 0 Å². The van der Waals surface area contributed by atoms with E-state index in [4.69, 9.17) is 11.6 Å². The molecule has 1 aromatic heterocycles. The van der Waals surface area contributed by atoms with Crippen molar-refractivity contribution >= 4 is 17.4 Å². The molecule has 1 unspecified atom stereocenters. The van der Waals surface area contributed by atoms with Crippen LogP contribution in [0.15, 0.2) is 6.20 Å². The highest BCUT2D eigenvalue weighted by atomic mass is 35.5. The van der Waals surface area contributed by atoms with Crippen molar-refractivity contribution in [3.05, 3.63) is 17.6 Å². The van der Waals surface area contributed by atoms with Crippen molar-refractivity contribution in [3.63, 3.8) is 0 Å². The van der Waals surface area contributed by atoms with Gasteiger partial charge < -0.3 is 4.90 Å². The molecule has 1 aromatic rings. The van der Waals surface area contributed by atoms with E-state index in [1.54, 1.807) is 6.20 Å². The molecule has 0 aliphatic heterocycles. The lowest BCUT2D eigenvalue weighted by molar-refractivity contribution is 0.759. The first-order valence-electron chi connectivity index (χ1n) is 5.16. The minimum atomic E-state index is 0.200. The molecule has 1 atom stereocenters. The zero-order chi connectivity index (χ0) is 11.4. The largest absolute Gasteiger partial charge is 0.358 e. The van der Waals surface area contributed by atoms with Crippen LogP contribution in [-0.2, 0) is 0 Å². The van der Waals surface area contributed by atoms with Gasteiger partial charge in [-0.2, -0.15) is 0 Å². The third-order valence-corrected chi connectivity index (χ3v) is 2.49. The van der Waals surface area contributed by atoms with Crippen molar-refractivity contribution in [2.24, 2.45) is 0 Å². The Balaban J connectivity index is 2.72. The summed E-state index contributed by atoms with van der Waals surface area (Å²) in [5.41, 5.74) is 1.91. The lowest BCUT2D eigenvalue weighted by Crippen LogP contribution is -2.23. The van der Waals surface area contributed by atoms with E-state index in [-0.39, 0.29) is 5.38 Å². The predicted octanol–water partition coefficient (Wildman–Crippen LogP) is 2.55. The number of hydrogen-bond acceptors (Lipinski definition) is 3. The van der Waals surface area contributed by atoms with Gasteiger partial charge in [-0.05, 0) is 27.2 Å². The van der Waals surface area contributed by atoms with E-state index in [0.29, 0.717) is 0 Å². The molecule has 0 aliphatic rings. The fourth-order valence-electron chi connectivity index (χ4n) is 1.36. The summed E-state index contributed by atoms with van der Waals surface area (Å²) in [6.45, 7) is 6.84. The van der Waals surface area contributed by atoms with Gasteiger partial charge >= 0.3 is 0 Å². The Kier molecular flexibility index (Phi) is 4.33. The second-order valence-electron chi connectivity index (χ2n) is 3.91. The maximum atomic E-state index is 5.92. The summed E-state index contributed by atoms with van der Waals surface area (Å²) in [7, 11) is 2.02. The summed E-state index contributed by atoms with van der Waals surface area (Å²) < 4.78 is 0. The number of aryl methyl sites for hydroxylation is 2. The van der Waals surface area contributed by atoms with E-state index < -0.39 is 0 Å². The molecule has 0 aliphatic carbocycles. The number of rotatable bonds is 4. The molecule has 0 bridgehead atoms. The normalized spacial score (nSPS) is 12.6. The Bertz CT molecular complexity index is 326. The fraction of sp³-hybridized carbons (Fsp3) is 0.636. The molecular formula is C11H18ClN3. The Morgan fingerprint density at radius 2 is 2.13 bits per heavy atom. The van der Waals surface area contributed by atoms with E-state index in [1.165, 1.54) is 0 Å². The maximum Gasteiger partial charge on any atom is 0.150 e. The van der Waals surface area contributed by atoms with Crippen LogP contribution in [0.3, 0.4) is 0 Å². The summed E-state index contributed by atoms with van der Waals surface area (Å²) in [5.74, 6) is 0.951. The minimum absolute atomic E-state index is 0.200. The molecule has 0 aromatic carbocycles. The second-order valence-corrected chi connectivity index (χ2v) is 4.66. The molecular weight excluding hydrogens is 210 g/mol. The van der Waals surface area contributed by atoms with E-state index in [1.807, 2.05) is 27.8 Å². The molecule has 1 heterocycles. The Morgan fingerprint density at radius 3 is 2.73 bits per heavy atom. The Hall–Kier alpha value is -0.830. The van der Waals surface area contributed by atoms with Gasteiger partial charge in [-0.25, -0.2) is 4.98 Å². The van der Waals surface area contributed by atoms with Crippen molar-refractivity contribution in [2.45, 2.75) is 32.6 Å². The molecule has 1 rings (SSSR count). The summed E-state index contributed by atoms with van der Waals surface area (Å²) in [4.78, 5) is 10.9. The summed E-state index contributed by atoms with van der Waals surface area (Å²) in [6.07, 6.45) is 2.74. The zero-order valence-electron chi connectivity index (χ0n) is 9.79. The van der Waals surface area contributed by atoms with Crippen molar-refractivity contribution in [2.75, 3.05) is 18.5 Å². The third-order valence-electron chi connectivity index (χ3n) is 2.27. The molecule has 0 N–H and O–H groups in total. The molecule has 84 valence electrons. The smallest absolute Gasteiger partial charge is 0.150 e. The fourth-order valence-corrected chi connectivity index (χ4v) is 1.46. The average Bonchev–Trinajstić information content (AvgIpc) is 2.18. The molecule has 4 heteroatoms. The van der Waals surface area contributed by atoms with Gasteiger partial charge in [-0.3, -0.25) is 4.98 Å². The molecule has 0 amide bonds. The lowest BCUT2D eigenvalue weighted by Gasteiger charge is -2.20. The second kappa shape index (κ2) is 5.31. The first-order chi connectivity index (χ1) is 7.00. The van der Waals surface area contributed by atoms with Gasteiger partial charge in [0.1, 0.15) is 5.82 Å². The predicted molar refractivity (Wildman–Crippen MR) is 64.7 cm³/mol. The van der Waals surface area contributed by atoms with Crippen LogP contribution in [0, 0.1) is 13.8 Å². The van der Waals surface area contributed by atoms with Gasteiger partial charge in [-0.1, -0.05) is 0 Å². The topological polar surface area (TPSA) is 29.0 Å². The van der Waals surface area contributed by atoms with E-state index in [0.717, 1.165) is 30.2 Å².